The van der Waals surface area contributed by atoms with E-state index in [0.717, 1.165) is 25.1 Å². The van der Waals surface area contributed by atoms with E-state index in [9.17, 15) is 4.79 Å². The lowest BCUT2D eigenvalue weighted by Crippen LogP contribution is -2.37. The fraction of sp³-hybridized carbons (Fsp3) is 0.733. The van der Waals surface area contributed by atoms with Crippen LogP contribution >= 0.6 is 0 Å². The zero-order valence-corrected chi connectivity index (χ0v) is 13.5. The maximum Gasteiger partial charge on any atom is 0.274 e. The Balaban J connectivity index is 2.46. The number of hydrogen-bond acceptors (Lipinski definition) is 3. The molecule has 0 aromatic carbocycles. The maximum absolute atomic E-state index is 12.4. The summed E-state index contributed by atoms with van der Waals surface area (Å²) in [7, 11) is 3.57. The molecule has 0 atom stereocenters. The van der Waals surface area contributed by atoms with Crippen LogP contribution in [0, 0.1) is 0 Å². The van der Waals surface area contributed by atoms with Crippen molar-refractivity contribution in [3.63, 3.8) is 0 Å². The predicted octanol–water partition coefficient (Wildman–Crippen LogP) is 1.93. The molecule has 0 radical (unpaired) electrons. The Morgan fingerprint density at radius 1 is 1.20 bits per heavy atom. The second-order valence-corrected chi connectivity index (χ2v) is 6.33. The summed E-state index contributed by atoms with van der Waals surface area (Å²) in [6.07, 6.45) is 0.972. The second-order valence-electron chi connectivity index (χ2n) is 6.33. The quantitative estimate of drug-likeness (QED) is 0.848. The average Bonchev–Trinajstić information content (AvgIpc) is 2.76. The first-order valence-electron chi connectivity index (χ1n) is 7.38. The van der Waals surface area contributed by atoms with Crippen LogP contribution in [0.4, 0.5) is 0 Å². The van der Waals surface area contributed by atoms with Gasteiger partial charge in [0.2, 0.25) is 0 Å². The first-order valence-corrected chi connectivity index (χ1v) is 7.38. The molecule has 0 aliphatic carbocycles. The lowest BCUT2D eigenvalue weighted by Gasteiger charge is -2.31. The average molecular weight is 278 g/mol. The first-order chi connectivity index (χ1) is 9.32. The van der Waals surface area contributed by atoms with Crippen molar-refractivity contribution in [2.45, 2.75) is 52.7 Å². The van der Waals surface area contributed by atoms with Crippen molar-refractivity contribution in [3.05, 3.63) is 17.0 Å². The fourth-order valence-corrected chi connectivity index (χ4v) is 2.72. The third-order valence-electron chi connectivity index (χ3n) is 3.94. The highest BCUT2D eigenvalue weighted by atomic mass is 16.2. The molecule has 20 heavy (non-hydrogen) atoms. The van der Waals surface area contributed by atoms with Gasteiger partial charge < -0.3 is 4.90 Å². The summed E-state index contributed by atoms with van der Waals surface area (Å²) in [5.41, 5.74) is 2.99. The maximum atomic E-state index is 12.4. The van der Waals surface area contributed by atoms with E-state index in [2.05, 4.69) is 37.7 Å². The zero-order chi connectivity index (χ0) is 15.0. The molecule has 1 aromatic heterocycles. The molecule has 0 saturated carbocycles. The minimum atomic E-state index is 0.00579. The summed E-state index contributed by atoms with van der Waals surface area (Å²) in [5, 5.41) is 4.61. The van der Waals surface area contributed by atoms with Crippen LogP contribution in [0.1, 0.15) is 55.5 Å². The summed E-state index contributed by atoms with van der Waals surface area (Å²) in [5.74, 6) is 0.00579. The number of nitrogens with zero attached hydrogens (tertiary/aromatic N) is 4. The van der Waals surface area contributed by atoms with Crippen LogP contribution in [-0.2, 0) is 13.0 Å². The normalized spacial score (nSPS) is 15.8. The standard InChI is InChI=1S/C15H26N4O/c1-10(2)18-8-7-13-12(9-18)14(15(20)17(5)6)16-19(13)11(3)4/h10-11H,7-9H2,1-6H3. The molecule has 1 aliphatic heterocycles. The van der Waals surface area contributed by atoms with Gasteiger partial charge in [-0.15, -0.1) is 0 Å². The van der Waals surface area contributed by atoms with Crippen LogP contribution in [0.25, 0.3) is 0 Å². The number of hydrogen-bond donors (Lipinski definition) is 0. The molecule has 2 heterocycles. The molecule has 0 saturated heterocycles. The molecular formula is C15H26N4O. The zero-order valence-electron chi connectivity index (χ0n) is 13.5. The Morgan fingerprint density at radius 2 is 1.85 bits per heavy atom. The number of fused-ring (bicyclic) bond motifs is 1. The van der Waals surface area contributed by atoms with E-state index in [4.69, 9.17) is 0 Å². The van der Waals surface area contributed by atoms with Gasteiger partial charge in [0.1, 0.15) is 0 Å². The fourth-order valence-electron chi connectivity index (χ4n) is 2.72. The lowest BCUT2D eigenvalue weighted by molar-refractivity contribution is 0.0817. The minimum Gasteiger partial charge on any atom is -0.343 e. The third-order valence-corrected chi connectivity index (χ3v) is 3.94. The van der Waals surface area contributed by atoms with E-state index in [0.29, 0.717) is 11.7 Å². The summed E-state index contributed by atoms with van der Waals surface area (Å²) in [6, 6.07) is 0.783. The molecule has 0 N–H and O–H groups in total. The van der Waals surface area contributed by atoms with Crippen LogP contribution < -0.4 is 0 Å². The number of carbonyl (C=O) groups excluding carboxylic acids is 1. The molecule has 1 amide bonds. The van der Waals surface area contributed by atoms with Gasteiger partial charge in [-0.25, -0.2) is 0 Å². The smallest absolute Gasteiger partial charge is 0.274 e. The van der Waals surface area contributed by atoms with Crippen LogP contribution in [0.2, 0.25) is 0 Å². The minimum absolute atomic E-state index is 0.00579. The molecule has 0 unspecified atom stereocenters. The summed E-state index contributed by atoms with van der Waals surface area (Å²) < 4.78 is 2.03. The Labute approximate surface area is 121 Å². The summed E-state index contributed by atoms with van der Waals surface area (Å²) in [6.45, 7) is 10.5. The Bertz CT molecular complexity index is 502. The van der Waals surface area contributed by atoms with Crippen LogP contribution in [0.15, 0.2) is 0 Å². The lowest BCUT2D eigenvalue weighted by atomic mass is 10.0. The van der Waals surface area contributed by atoms with Crippen LogP contribution in [-0.4, -0.2) is 52.2 Å². The number of aromatic nitrogens is 2. The molecule has 1 aromatic rings. The monoisotopic (exact) mass is 278 g/mol. The van der Waals surface area contributed by atoms with Crippen molar-refractivity contribution >= 4 is 5.91 Å². The van der Waals surface area contributed by atoms with E-state index in [1.807, 2.05) is 4.68 Å². The van der Waals surface area contributed by atoms with Gasteiger partial charge in [0.05, 0.1) is 0 Å². The molecule has 5 heteroatoms. The van der Waals surface area contributed by atoms with Crippen molar-refractivity contribution < 1.29 is 4.79 Å². The van der Waals surface area contributed by atoms with Crippen molar-refractivity contribution in [2.75, 3.05) is 20.6 Å². The highest BCUT2D eigenvalue weighted by Crippen LogP contribution is 2.26. The largest absolute Gasteiger partial charge is 0.343 e. The van der Waals surface area contributed by atoms with E-state index >= 15 is 0 Å². The Hall–Kier alpha value is -1.36. The van der Waals surface area contributed by atoms with Gasteiger partial charge in [0, 0.05) is 56.9 Å². The molecule has 2 rings (SSSR count). The number of rotatable bonds is 3. The molecule has 1 aliphatic rings. The van der Waals surface area contributed by atoms with Gasteiger partial charge >= 0.3 is 0 Å². The van der Waals surface area contributed by atoms with Gasteiger partial charge in [0.25, 0.3) is 5.91 Å². The first kappa shape index (κ1) is 15.0. The second kappa shape index (κ2) is 5.56. The molecule has 5 nitrogen and oxygen atoms in total. The highest BCUT2D eigenvalue weighted by molar-refractivity contribution is 5.93. The predicted molar refractivity (Wildman–Crippen MR) is 79.9 cm³/mol. The van der Waals surface area contributed by atoms with Crippen molar-refractivity contribution in [2.24, 2.45) is 0 Å². The van der Waals surface area contributed by atoms with E-state index in [1.54, 1.807) is 19.0 Å². The highest BCUT2D eigenvalue weighted by Gasteiger charge is 2.30. The van der Waals surface area contributed by atoms with E-state index in [1.165, 1.54) is 5.69 Å². The van der Waals surface area contributed by atoms with E-state index < -0.39 is 0 Å². The molecule has 112 valence electrons. The Kier molecular flexibility index (Phi) is 4.18. The Morgan fingerprint density at radius 3 is 2.35 bits per heavy atom. The van der Waals surface area contributed by atoms with Gasteiger partial charge in [-0.05, 0) is 27.7 Å². The van der Waals surface area contributed by atoms with Gasteiger partial charge in [0.15, 0.2) is 5.69 Å². The van der Waals surface area contributed by atoms with E-state index in [-0.39, 0.29) is 11.9 Å². The molecule has 0 fully saturated rings. The SMILES string of the molecule is CC(C)N1CCc2c(c(C(=O)N(C)C)nn2C(C)C)C1. The topological polar surface area (TPSA) is 41.4 Å². The molecule has 0 bridgehead atoms. The van der Waals surface area contributed by atoms with Crippen LogP contribution in [0.5, 0.6) is 0 Å². The van der Waals surface area contributed by atoms with Gasteiger partial charge in [-0.3, -0.25) is 14.4 Å². The van der Waals surface area contributed by atoms with Gasteiger partial charge in [-0.2, -0.15) is 5.10 Å². The van der Waals surface area contributed by atoms with Gasteiger partial charge in [-0.1, -0.05) is 0 Å². The number of amides is 1. The van der Waals surface area contributed by atoms with Crippen molar-refractivity contribution in [3.8, 4) is 0 Å². The summed E-state index contributed by atoms with van der Waals surface area (Å²) >= 11 is 0. The van der Waals surface area contributed by atoms with Crippen molar-refractivity contribution in [1.29, 1.82) is 0 Å². The molecular weight excluding hydrogens is 252 g/mol. The van der Waals surface area contributed by atoms with Crippen molar-refractivity contribution in [1.82, 2.24) is 19.6 Å². The van der Waals surface area contributed by atoms with Crippen LogP contribution in [0.3, 0.4) is 0 Å². The summed E-state index contributed by atoms with van der Waals surface area (Å²) in [4.78, 5) is 16.4. The molecule has 0 spiro atoms. The third kappa shape index (κ3) is 2.59. The number of carbonyl (C=O) groups is 1.